The van der Waals surface area contributed by atoms with Crippen LogP contribution in [-0.4, -0.2) is 24.1 Å². The maximum absolute atomic E-state index is 12.8. The minimum absolute atomic E-state index is 0.0951. The zero-order chi connectivity index (χ0) is 17.4. The Morgan fingerprint density at radius 2 is 2.04 bits per heavy atom. The number of benzene rings is 2. The van der Waals surface area contributed by atoms with Crippen molar-refractivity contribution in [3.8, 4) is 22.9 Å². The van der Waals surface area contributed by atoms with E-state index in [0.717, 1.165) is 24.0 Å². The molecule has 2 aliphatic rings. The van der Waals surface area contributed by atoms with Gasteiger partial charge in [-0.15, -0.1) is 0 Å². The standard InChI is InChI=1S/C21H19NO3/c1-14-7-8-21(13-24-14)11-19(23)18-10-17(5-6-20(18)25-21)16-4-2-3-15(9-16)12-22/h2-6,9-10,14H,7-8,11,13H2,1H3/t14-,21+/m1/s1. The lowest BCUT2D eigenvalue weighted by atomic mass is 9.84. The summed E-state index contributed by atoms with van der Waals surface area (Å²) in [6.45, 7) is 2.51. The summed E-state index contributed by atoms with van der Waals surface area (Å²) in [5, 5.41) is 9.07. The molecule has 0 bridgehead atoms. The van der Waals surface area contributed by atoms with Crippen LogP contribution in [0.1, 0.15) is 42.1 Å². The Kier molecular flexibility index (Phi) is 3.82. The number of carbonyl (C=O) groups excluding carboxylic acids is 1. The van der Waals surface area contributed by atoms with E-state index in [9.17, 15) is 4.79 Å². The Morgan fingerprint density at radius 3 is 2.80 bits per heavy atom. The van der Waals surface area contributed by atoms with E-state index in [4.69, 9.17) is 14.7 Å². The molecule has 2 aliphatic heterocycles. The molecule has 2 atom stereocenters. The molecule has 4 heteroatoms. The van der Waals surface area contributed by atoms with E-state index >= 15 is 0 Å². The van der Waals surface area contributed by atoms with E-state index in [-0.39, 0.29) is 11.9 Å². The van der Waals surface area contributed by atoms with Crippen molar-refractivity contribution in [1.29, 1.82) is 5.26 Å². The molecule has 1 saturated heterocycles. The molecule has 2 heterocycles. The van der Waals surface area contributed by atoms with Gasteiger partial charge >= 0.3 is 0 Å². The number of rotatable bonds is 1. The number of hydrogen-bond acceptors (Lipinski definition) is 4. The van der Waals surface area contributed by atoms with Crippen LogP contribution in [0.5, 0.6) is 5.75 Å². The zero-order valence-corrected chi connectivity index (χ0v) is 14.1. The fourth-order valence-electron chi connectivity index (χ4n) is 3.58. The third-order valence-electron chi connectivity index (χ3n) is 5.05. The van der Waals surface area contributed by atoms with Crippen LogP contribution in [0, 0.1) is 11.3 Å². The van der Waals surface area contributed by atoms with Gasteiger partial charge in [0.25, 0.3) is 0 Å². The van der Waals surface area contributed by atoms with Crippen molar-refractivity contribution in [1.82, 2.24) is 0 Å². The summed E-state index contributed by atoms with van der Waals surface area (Å²) in [4.78, 5) is 12.8. The number of ether oxygens (including phenoxy) is 2. The minimum atomic E-state index is -0.515. The van der Waals surface area contributed by atoms with Crippen LogP contribution in [0.25, 0.3) is 11.1 Å². The topological polar surface area (TPSA) is 59.3 Å². The highest BCUT2D eigenvalue weighted by atomic mass is 16.6. The Hall–Kier alpha value is -2.64. The molecule has 0 aromatic heterocycles. The summed E-state index contributed by atoms with van der Waals surface area (Å²) in [5.74, 6) is 0.729. The SMILES string of the molecule is C[C@@H]1CC[C@@]2(CO1)CC(=O)c1cc(-c3cccc(C#N)c3)ccc1O2. The molecular formula is C21H19NO3. The molecule has 0 aliphatic carbocycles. The number of nitriles is 1. The fraction of sp³-hybridized carbons (Fsp3) is 0.333. The molecule has 25 heavy (non-hydrogen) atoms. The van der Waals surface area contributed by atoms with E-state index in [0.29, 0.717) is 29.9 Å². The molecule has 1 spiro atoms. The van der Waals surface area contributed by atoms with Crippen molar-refractivity contribution in [3.63, 3.8) is 0 Å². The summed E-state index contributed by atoms with van der Waals surface area (Å²) in [5.41, 5.74) is 2.54. The van der Waals surface area contributed by atoms with E-state index in [1.165, 1.54) is 0 Å². The lowest BCUT2D eigenvalue weighted by molar-refractivity contribution is -0.101. The van der Waals surface area contributed by atoms with Crippen molar-refractivity contribution >= 4 is 5.78 Å². The number of fused-ring (bicyclic) bond motifs is 1. The first-order valence-corrected chi connectivity index (χ1v) is 8.57. The summed E-state index contributed by atoms with van der Waals surface area (Å²) in [6, 6.07) is 15.2. The van der Waals surface area contributed by atoms with Crippen LogP contribution < -0.4 is 4.74 Å². The zero-order valence-electron chi connectivity index (χ0n) is 14.1. The van der Waals surface area contributed by atoms with Crippen molar-refractivity contribution in [2.24, 2.45) is 0 Å². The summed E-state index contributed by atoms with van der Waals surface area (Å²) in [6.07, 6.45) is 2.32. The third kappa shape index (κ3) is 2.92. The molecule has 2 aromatic rings. The van der Waals surface area contributed by atoms with Crippen LogP contribution in [0.2, 0.25) is 0 Å². The van der Waals surface area contributed by atoms with Gasteiger partial charge in [0.15, 0.2) is 5.78 Å². The normalized spacial score (nSPS) is 25.1. The minimum Gasteiger partial charge on any atom is -0.484 e. The second-order valence-corrected chi connectivity index (χ2v) is 6.95. The smallest absolute Gasteiger partial charge is 0.170 e. The molecule has 0 unspecified atom stereocenters. The van der Waals surface area contributed by atoms with Crippen LogP contribution in [0.15, 0.2) is 42.5 Å². The first-order chi connectivity index (χ1) is 12.1. The average Bonchev–Trinajstić information content (AvgIpc) is 2.64. The second kappa shape index (κ2) is 6.02. The van der Waals surface area contributed by atoms with Gasteiger partial charge in [-0.05, 0) is 55.2 Å². The predicted molar refractivity (Wildman–Crippen MR) is 93.5 cm³/mol. The van der Waals surface area contributed by atoms with Crippen LogP contribution >= 0.6 is 0 Å². The Bertz CT molecular complexity index is 873. The maximum Gasteiger partial charge on any atom is 0.170 e. The quantitative estimate of drug-likeness (QED) is 0.787. The Morgan fingerprint density at radius 1 is 1.20 bits per heavy atom. The largest absolute Gasteiger partial charge is 0.484 e. The molecule has 2 aromatic carbocycles. The molecule has 4 nitrogen and oxygen atoms in total. The van der Waals surface area contributed by atoms with Crippen LogP contribution in [0.3, 0.4) is 0 Å². The molecule has 4 rings (SSSR count). The molecular weight excluding hydrogens is 314 g/mol. The summed E-state index contributed by atoms with van der Waals surface area (Å²) < 4.78 is 12.0. The molecule has 0 N–H and O–H groups in total. The van der Waals surface area contributed by atoms with E-state index in [1.807, 2.05) is 43.3 Å². The second-order valence-electron chi connectivity index (χ2n) is 6.95. The molecule has 126 valence electrons. The van der Waals surface area contributed by atoms with Crippen LogP contribution in [0.4, 0.5) is 0 Å². The highest BCUT2D eigenvalue weighted by Gasteiger charge is 2.43. The Labute approximate surface area is 147 Å². The van der Waals surface area contributed by atoms with Crippen molar-refractivity contribution in [2.75, 3.05) is 6.61 Å². The monoisotopic (exact) mass is 333 g/mol. The van der Waals surface area contributed by atoms with Gasteiger partial charge in [-0.2, -0.15) is 5.26 Å². The van der Waals surface area contributed by atoms with Gasteiger partial charge in [-0.3, -0.25) is 4.79 Å². The molecule has 0 radical (unpaired) electrons. The number of carbonyl (C=O) groups is 1. The van der Waals surface area contributed by atoms with Crippen molar-refractivity contribution in [2.45, 2.75) is 37.9 Å². The van der Waals surface area contributed by atoms with Gasteiger partial charge < -0.3 is 9.47 Å². The number of Topliss-reactive ketones (excluding diaryl/α,β-unsaturated/α-hetero) is 1. The number of ketones is 1. The van der Waals surface area contributed by atoms with Gasteiger partial charge in [0.05, 0.1) is 36.3 Å². The number of nitrogens with zero attached hydrogens (tertiary/aromatic N) is 1. The summed E-state index contributed by atoms with van der Waals surface area (Å²) in [7, 11) is 0. The van der Waals surface area contributed by atoms with Gasteiger partial charge in [0.1, 0.15) is 11.4 Å². The van der Waals surface area contributed by atoms with Crippen molar-refractivity contribution in [3.05, 3.63) is 53.6 Å². The predicted octanol–water partition coefficient (Wildman–Crippen LogP) is 4.13. The third-order valence-corrected chi connectivity index (χ3v) is 5.05. The molecule has 0 amide bonds. The lowest BCUT2D eigenvalue weighted by Crippen LogP contribution is -2.49. The van der Waals surface area contributed by atoms with Gasteiger partial charge in [-0.25, -0.2) is 0 Å². The van der Waals surface area contributed by atoms with E-state index < -0.39 is 5.60 Å². The fourth-order valence-corrected chi connectivity index (χ4v) is 3.58. The maximum atomic E-state index is 12.8. The molecule has 0 saturated carbocycles. The Balaban J connectivity index is 1.67. The van der Waals surface area contributed by atoms with Crippen molar-refractivity contribution < 1.29 is 14.3 Å². The average molecular weight is 333 g/mol. The van der Waals surface area contributed by atoms with Crippen LogP contribution in [-0.2, 0) is 4.74 Å². The van der Waals surface area contributed by atoms with Gasteiger partial charge in [0.2, 0.25) is 0 Å². The first-order valence-electron chi connectivity index (χ1n) is 8.57. The van der Waals surface area contributed by atoms with E-state index in [1.54, 1.807) is 6.07 Å². The van der Waals surface area contributed by atoms with Gasteiger partial charge in [0, 0.05) is 0 Å². The van der Waals surface area contributed by atoms with E-state index in [2.05, 4.69) is 6.07 Å². The molecule has 1 fully saturated rings. The first kappa shape index (κ1) is 15.9. The highest BCUT2D eigenvalue weighted by molar-refractivity contribution is 6.01. The summed E-state index contributed by atoms with van der Waals surface area (Å²) >= 11 is 0. The van der Waals surface area contributed by atoms with Gasteiger partial charge in [-0.1, -0.05) is 18.2 Å². The lowest BCUT2D eigenvalue weighted by Gasteiger charge is -2.42. The number of hydrogen-bond donors (Lipinski definition) is 0. The highest BCUT2D eigenvalue weighted by Crippen LogP contribution is 2.40.